The van der Waals surface area contributed by atoms with Gasteiger partial charge in [-0.2, -0.15) is 0 Å². The first-order valence-electron chi connectivity index (χ1n) is 6.92. The van der Waals surface area contributed by atoms with Crippen molar-refractivity contribution in [3.05, 3.63) is 35.9 Å². The number of carbonyl (C=O) groups is 1. The standard InChI is InChI=1S/C15H19FO4S/c1-15(20-14(17)11-6-3-2-4-7-11)9-5-8-13(16)12(15)10-21(18)19/h2-4,6-7,12-13H,5,8-10H2,1H3,(H,18,19). The Bertz CT molecular complexity index is 522. The van der Waals surface area contributed by atoms with Crippen LogP contribution in [-0.4, -0.2) is 32.3 Å². The summed E-state index contributed by atoms with van der Waals surface area (Å²) in [6.45, 7) is 1.65. The lowest BCUT2D eigenvalue weighted by molar-refractivity contribution is -0.0770. The van der Waals surface area contributed by atoms with Crippen molar-refractivity contribution in [2.75, 3.05) is 5.75 Å². The number of esters is 1. The van der Waals surface area contributed by atoms with Crippen molar-refractivity contribution in [2.24, 2.45) is 5.92 Å². The molecular weight excluding hydrogens is 295 g/mol. The van der Waals surface area contributed by atoms with Crippen LogP contribution in [0.1, 0.15) is 36.5 Å². The minimum Gasteiger partial charge on any atom is -0.455 e. The third-order valence-corrected chi connectivity index (χ3v) is 4.68. The largest absolute Gasteiger partial charge is 0.455 e. The highest BCUT2D eigenvalue weighted by Gasteiger charge is 2.46. The minimum absolute atomic E-state index is 0.222. The fourth-order valence-corrected chi connectivity index (χ4v) is 3.69. The molecule has 4 atom stereocenters. The number of hydrogen-bond donors (Lipinski definition) is 1. The molecule has 0 heterocycles. The van der Waals surface area contributed by atoms with E-state index in [9.17, 15) is 13.4 Å². The van der Waals surface area contributed by atoms with E-state index in [1.165, 1.54) is 0 Å². The Balaban J connectivity index is 2.17. The summed E-state index contributed by atoms with van der Waals surface area (Å²) in [6.07, 6.45) is 0.186. The summed E-state index contributed by atoms with van der Waals surface area (Å²) in [5.41, 5.74) is -0.660. The quantitative estimate of drug-likeness (QED) is 0.685. The number of halogens is 1. The highest BCUT2D eigenvalue weighted by atomic mass is 32.2. The van der Waals surface area contributed by atoms with E-state index in [-0.39, 0.29) is 5.75 Å². The second-order valence-corrected chi connectivity index (χ2v) is 6.55. The van der Waals surface area contributed by atoms with Crippen LogP contribution < -0.4 is 0 Å². The van der Waals surface area contributed by atoms with Crippen LogP contribution in [0.5, 0.6) is 0 Å². The van der Waals surface area contributed by atoms with E-state index in [2.05, 4.69) is 0 Å². The maximum atomic E-state index is 14.1. The Kier molecular flexibility index (Phi) is 5.11. The summed E-state index contributed by atoms with van der Waals surface area (Å²) >= 11 is -2.12. The summed E-state index contributed by atoms with van der Waals surface area (Å²) in [5, 5.41) is 0. The molecule has 0 saturated heterocycles. The van der Waals surface area contributed by atoms with Gasteiger partial charge in [0.15, 0.2) is 11.1 Å². The van der Waals surface area contributed by atoms with Crippen molar-refractivity contribution >= 4 is 17.0 Å². The van der Waals surface area contributed by atoms with Crippen LogP contribution in [0.15, 0.2) is 30.3 Å². The molecule has 116 valence electrons. The van der Waals surface area contributed by atoms with Gasteiger partial charge >= 0.3 is 5.97 Å². The van der Waals surface area contributed by atoms with E-state index < -0.39 is 34.7 Å². The summed E-state index contributed by atoms with van der Waals surface area (Å²) < 4.78 is 39.8. The zero-order valence-electron chi connectivity index (χ0n) is 11.8. The smallest absolute Gasteiger partial charge is 0.338 e. The predicted octanol–water partition coefficient (Wildman–Crippen LogP) is 2.96. The van der Waals surface area contributed by atoms with Gasteiger partial charge < -0.3 is 9.29 Å². The van der Waals surface area contributed by atoms with Crippen LogP contribution in [0.25, 0.3) is 0 Å². The third-order valence-electron chi connectivity index (χ3n) is 4.03. The normalized spacial score (nSPS) is 30.6. The zero-order chi connectivity index (χ0) is 15.5. The molecule has 2 rings (SSSR count). The van der Waals surface area contributed by atoms with Gasteiger partial charge in [0, 0.05) is 5.92 Å². The van der Waals surface area contributed by atoms with E-state index in [1.807, 2.05) is 0 Å². The highest BCUT2D eigenvalue weighted by molar-refractivity contribution is 7.79. The van der Waals surface area contributed by atoms with E-state index in [0.29, 0.717) is 24.8 Å². The van der Waals surface area contributed by atoms with E-state index in [0.717, 1.165) is 0 Å². The second-order valence-electron chi connectivity index (χ2n) is 5.57. The van der Waals surface area contributed by atoms with Gasteiger partial charge in [0.25, 0.3) is 0 Å². The Labute approximate surface area is 126 Å². The SMILES string of the molecule is CC1(OC(=O)c2ccccc2)CCCC(F)C1CS(=O)O. The van der Waals surface area contributed by atoms with Gasteiger partial charge in [0.05, 0.1) is 11.3 Å². The van der Waals surface area contributed by atoms with Crippen LogP contribution in [0.4, 0.5) is 4.39 Å². The van der Waals surface area contributed by atoms with Crippen LogP contribution >= 0.6 is 0 Å². The van der Waals surface area contributed by atoms with Crippen molar-refractivity contribution in [3.63, 3.8) is 0 Å². The monoisotopic (exact) mass is 314 g/mol. The third kappa shape index (κ3) is 3.89. The van der Waals surface area contributed by atoms with Crippen molar-refractivity contribution in [2.45, 2.75) is 38.0 Å². The molecule has 1 aromatic carbocycles. The molecular formula is C15H19FO4S. The Morgan fingerprint density at radius 2 is 2.14 bits per heavy atom. The zero-order valence-corrected chi connectivity index (χ0v) is 12.6. The fraction of sp³-hybridized carbons (Fsp3) is 0.533. The molecule has 0 aliphatic heterocycles. The first-order valence-corrected chi connectivity index (χ1v) is 8.20. The van der Waals surface area contributed by atoms with Gasteiger partial charge in [-0.05, 0) is 38.3 Å². The lowest BCUT2D eigenvalue weighted by Crippen LogP contribution is -2.49. The fourth-order valence-electron chi connectivity index (χ4n) is 2.82. The topological polar surface area (TPSA) is 63.6 Å². The lowest BCUT2D eigenvalue weighted by Gasteiger charge is -2.42. The maximum absolute atomic E-state index is 14.1. The molecule has 1 aromatic rings. The summed E-state index contributed by atoms with van der Waals surface area (Å²) in [7, 11) is 0. The van der Waals surface area contributed by atoms with Crippen LogP contribution in [0.2, 0.25) is 0 Å². The molecule has 0 spiro atoms. The predicted molar refractivity (Wildman–Crippen MR) is 78.1 cm³/mol. The molecule has 0 amide bonds. The number of rotatable bonds is 4. The Morgan fingerprint density at radius 3 is 2.76 bits per heavy atom. The number of benzene rings is 1. The first kappa shape index (κ1) is 16.1. The van der Waals surface area contributed by atoms with Gasteiger partial charge in [0.2, 0.25) is 0 Å². The van der Waals surface area contributed by atoms with Crippen LogP contribution in [0, 0.1) is 5.92 Å². The minimum atomic E-state index is -2.12. The van der Waals surface area contributed by atoms with Gasteiger partial charge in [-0.15, -0.1) is 0 Å². The molecule has 1 N–H and O–H groups in total. The van der Waals surface area contributed by atoms with Gasteiger partial charge in [-0.3, -0.25) is 0 Å². The summed E-state index contributed by atoms with van der Waals surface area (Å²) in [4.78, 5) is 12.2. The molecule has 1 fully saturated rings. The molecule has 0 bridgehead atoms. The molecule has 1 saturated carbocycles. The molecule has 0 aromatic heterocycles. The van der Waals surface area contributed by atoms with Gasteiger partial charge in [-0.1, -0.05) is 18.2 Å². The van der Waals surface area contributed by atoms with Crippen LogP contribution in [-0.2, 0) is 15.8 Å². The van der Waals surface area contributed by atoms with E-state index in [4.69, 9.17) is 9.29 Å². The molecule has 1 aliphatic rings. The first-order chi connectivity index (χ1) is 9.92. The molecule has 0 radical (unpaired) electrons. The van der Waals surface area contributed by atoms with Crippen LogP contribution in [0.3, 0.4) is 0 Å². The Morgan fingerprint density at radius 1 is 1.48 bits per heavy atom. The number of hydrogen-bond acceptors (Lipinski definition) is 3. The highest BCUT2D eigenvalue weighted by Crippen LogP contribution is 2.39. The summed E-state index contributed by atoms with van der Waals surface area (Å²) in [6, 6.07) is 8.48. The van der Waals surface area contributed by atoms with E-state index in [1.54, 1.807) is 37.3 Å². The molecule has 6 heteroatoms. The van der Waals surface area contributed by atoms with Crippen molar-refractivity contribution in [3.8, 4) is 0 Å². The number of alkyl halides is 1. The number of ether oxygens (including phenoxy) is 1. The summed E-state index contributed by atoms with van der Waals surface area (Å²) in [5.74, 6) is -1.51. The van der Waals surface area contributed by atoms with Gasteiger partial charge in [0.1, 0.15) is 11.8 Å². The number of carbonyl (C=O) groups excluding carboxylic acids is 1. The molecule has 21 heavy (non-hydrogen) atoms. The Hall–Kier alpha value is -1.27. The molecule has 4 unspecified atom stereocenters. The molecule has 1 aliphatic carbocycles. The van der Waals surface area contributed by atoms with Gasteiger partial charge in [-0.25, -0.2) is 13.4 Å². The van der Waals surface area contributed by atoms with Crippen molar-refractivity contribution in [1.82, 2.24) is 0 Å². The lowest BCUT2D eigenvalue weighted by atomic mass is 9.76. The second kappa shape index (κ2) is 6.66. The van der Waals surface area contributed by atoms with Crippen molar-refractivity contribution in [1.29, 1.82) is 0 Å². The maximum Gasteiger partial charge on any atom is 0.338 e. The average Bonchev–Trinajstić information content (AvgIpc) is 2.44. The van der Waals surface area contributed by atoms with E-state index >= 15 is 0 Å². The van der Waals surface area contributed by atoms with Crippen molar-refractivity contribution < 1.29 is 22.7 Å². The average molecular weight is 314 g/mol. The molecule has 4 nitrogen and oxygen atoms in total.